The van der Waals surface area contributed by atoms with Crippen LogP contribution in [-0.2, 0) is 5.41 Å². The van der Waals surface area contributed by atoms with Crippen molar-refractivity contribution >= 4 is 11.6 Å². The fourth-order valence-corrected chi connectivity index (χ4v) is 3.84. The number of amides is 1. The lowest BCUT2D eigenvalue weighted by Crippen LogP contribution is -2.31. The second kappa shape index (κ2) is 8.16. The molecule has 0 aliphatic heterocycles. The van der Waals surface area contributed by atoms with Crippen LogP contribution in [0.15, 0.2) is 48.5 Å². The van der Waals surface area contributed by atoms with E-state index in [1.807, 2.05) is 12.1 Å². The monoisotopic (exact) mass is 367 g/mol. The second-order valence-corrected chi connectivity index (χ2v) is 8.91. The van der Waals surface area contributed by atoms with Crippen molar-refractivity contribution in [3.05, 3.63) is 59.7 Å². The maximum absolute atomic E-state index is 12.3. The standard InChI is InChI=1S/C24H33NO2/c1-7-17(2)23(3,4)16-24(5,6)18-12-14-19(15-13-18)25-22(27)20-10-8-9-11-21(20)26/h8-15,17,26H,7,16H2,1-6H3,(H,25,27). The first-order valence-corrected chi connectivity index (χ1v) is 9.76. The van der Waals surface area contributed by atoms with Gasteiger partial charge < -0.3 is 10.4 Å². The third-order valence-corrected chi connectivity index (χ3v) is 5.92. The van der Waals surface area contributed by atoms with Gasteiger partial charge in [0.2, 0.25) is 0 Å². The first-order valence-electron chi connectivity index (χ1n) is 9.76. The summed E-state index contributed by atoms with van der Waals surface area (Å²) in [5.41, 5.74) is 2.57. The topological polar surface area (TPSA) is 49.3 Å². The summed E-state index contributed by atoms with van der Waals surface area (Å²) in [6.07, 6.45) is 2.28. The normalized spacial score (nSPS) is 13.3. The van der Waals surface area contributed by atoms with E-state index in [0.717, 1.165) is 12.1 Å². The molecule has 0 saturated carbocycles. The smallest absolute Gasteiger partial charge is 0.259 e. The number of phenols is 1. The Balaban J connectivity index is 2.12. The van der Waals surface area contributed by atoms with E-state index >= 15 is 0 Å². The summed E-state index contributed by atoms with van der Waals surface area (Å²) in [7, 11) is 0. The van der Waals surface area contributed by atoms with Gasteiger partial charge in [-0.1, -0.05) is 72.2 Å². The Kier molecular flexibility index (Phi) is 6.35. The molecule has 2 aromatic rings. The van der Waals surface area contributed by atoms with Crippen LogP contribution < -0.4 is 5.32 Å². The zero-order valence-electron chi connectivity index (χ0n) is 17.5. The average Bonchev–Trinajstić information content (AvgIpc) is 2.60. The molecule has 3 heteroatoms. The van der Waals surface area contributed by atoms with Gasteiger partial charge in [0.15, 0.2) is 0 Å². The van der Waals surface area contributed by atoms with Crippen LogP contribution in [0.2, 0.25) is 0 Å². The third kappa shape index (κ3) is 5.12. The molecule has 0 fully saturated rings. The van der Waals surface area contributed by atoms with Gasteiger partial charge in [-0.15, -0.1) is 0 Å². The van der Waals surface area contributed by atoms with Crippen LogP contribution in [-0.4, -0.2) is 11.0 Å². The minimum Gasteiger partial charge on any atom is -0.507 e. The van der Waals surface area contributed by atoms with E-state index in [1.165, 1.54) is 18.1 Å². The van der Waals surface area contributed by atoms with E-state index in [4.69, 9.17) is 0 Å². The van der Waals surface area contributed by atoms with Crippen LogP contribution in [0.1, 0.15) is 70.3 Å². The predicted molar refractivity (Wildman–Crippen MR) is 113 cm³/mol. The minimum absolute atomic E-state index is 0.0139. The molecule has 2 aromatic carbocycles. The second-order valence-electron chi connectivity index (χ2n) is 8.91. The van der Waals surface area contributed by atoms with Crippen molar-refractivity contribution in [1.29, 1.82) is 0 Å². The third-order valence-electron chi connectivity index (χ3n) is 5.92. The molecule has 1 atom stereocenters. The van der Waals surface area contributed by atoms with Gasteiger partial charge in [-0.2, -0.15) is 0 Å². The number of carbonyl (C=O) groups excluding carboxylic acids is 1. The van der Waals surface area contributed by atoms with Crippen molar-refractivity contribution in [3.8, 4) is 5.75 Å². The quantitative estimate of drug-likeness (QED) is 0.596. The van der Waals surface area contributed by atoms with E-state index < -0.39 is 0 Å². The molecular formula is C24H33NO2. The van der Waals surface area contributed by atoms with Gasteiger partial charge >= 0.3 is 0 Å². The van der Waals surface area contributed by atoms with Crippen LogP contribution >= 0.6 is 0 Å². The van der Waals surface area contributed by atoms with E-state index in [-0.39, 0.29) is 28.1 Å². The molecule has 3 nitrogen and oxygen atoms in total. The van der Waals surface area contributed by atoms with Gasteiger partial charge in [-0.05, 0) is 53.0 Å². The molecule has 1 amide bonds. The van der Waals surface area contributed by atoms with E-state index in [9.17, 15) is 9.90 Å². The molecule has 0 aliphatic carbocycles. The Morgan fingerprint density at radius 1 is 1.04 bits per heavy atom. The summed E-state index contributed by atoms with van der Waals surface area (Å²) in [5, 5.41) is 12.7. The molecule has 0 bridgehead atoms. The van der Waals surface area contributed by atoms with Crippen molar-refractivity contribution in [2.24, 2.45) is 11.3 Å². The first kappa shape index (κ1) is 21.0. The Morgan fingerprint density at radius 3 is 2.19 bits per heavy atom. The number of phenolic OH excluding ortho intramolecular Hbond substituents is 1. The molecule has 2 N–H and O–H groups in total. The number of carbonyl (C=O) groups is 1. The predicted octanol–water partition coefficient (Wildman–Crippen LogP) is 6.38. The van der Waals surface area contributed by atoms with Crippen LogP contribution in [0.4, 0.5) is 5.69 Å². The molecule has 1 unspecified atom stereocenters. The Hall–Kier alpha value is -2.29. The SMILES string of the molecule is CCC(C)C(C)(C)CC(C)(C)c1ccc(NC(=O)c2ccccc2O)cc1. The van der Waals surface area contributed by atoms with Gasteiger partial charge in [0, 0.05) is 5.69 Å². The van der Waals surface area contributed by atoms with Crippen molar-refractivity contribution in [2.45, 2.75) is 59.8 Å². The Bertz CT molecular complexity index is 775. The summed E-state index contributed by atoms with van der Waals surface area (Å²) in [6, 6.07) is 14.6. The van der Waals surface area contributed by atoms with E-state index in [1.54, 1.807) is 18.2 Å². The lowest BCUT2D eigenvalue weighted by molar-refractivity contribution is 0.102. The number of rotatable bonds is 7. The summed E-state index contributed by atoms with van der Waals surface area (Å²) < 4.78 is 0. The molecule has 0 aromatic heterocycles. The number of aromatic hydroxyl groups is 1. The molecule has 0 radical (unpaired) electrons. The van der Waals surface area contributed by atoms with Crippen molar-refractivity contribution in [2.75, 3.05) is 5.32 Å². The molecule has 27 heavy (non-hydrogen) atoms. The summed E-state index contributed by atoms with van der Waals surface area (Å²) in [4.78, 5) is 12.3. The van der Waals surface area contributed by atoms with Crippen LogP contribution in [0.5, 0.6) is 5.75 Å². The minimum atomic E-state index is -0.307. The highest BCUT2D eigenvalue weighted by Crippen LogP contribution is 2.42. The molecule has 0 aliphatic rings. The van der Waals surface area contributed by atoms with E-state index in [0.29, 0.717) is 5.92 Å². The van der Waals surface area contributed by atoms with Crippen LogP contribution in [0.3, 0.4) is 0 Å². The number of para-hydroxylation sites is 1. The first-order chi connectivity index (χ1) is 12.6. The van der Waals surface area contributed by atoms with Crippen LogP contribution in [0, 0.1) is 11.3 Å². The number of hydrogen-bond donors (Lipinski definition) is 2. The van der Waals surface area contributed by atoms with Gasteiger partial charge in [0.25, 0.3) is 5.91 Å². The maximum Gasteiger partial charge on any atom is 0.259 e. The number of nitrogens with one attached hydrogen (secondary N) is 1. The van der Waals surface area contributed by atoms with Gasteiger partial charge in [0.05, 0.1) is 5.56 Å². The number of anilines is 1. The zero-order chi connectivity index (χ0) is 20.2. The van der Waals surface area contributed by atoms with Gasteiger partial charge in [-0.25, -0.2) is 0 Å². The zero-order valence-corrected chi connectivity index (χ0v) is 17.5. The molecule has 146 valence electrons. The van der Waals surface area contributed by atoms with Gasteiger partial charge in [0.1, 0.15) is 5.75 Å². The largest absolute Gasteiger partial charge is 0.507 e. The summed E-state index contributed by atoms with van der Waals surface area (Å²) in [6.45, 7) is 13.8. The average molecular weight is 368 g/mol. The highest BCUT2D eigenvalue weighted by atomic mass is 16.3. The molecule has 0 heterocycles. The Labute approximate surface area is 163 Å². The highest BCUT2D eigenvalue weighted by molar-refractivity contribution is 6.06. The lowest BCUT2D eigenvalue weighted by atomic mass is 9.66. The maximum atomic E-state index is 12.3. The highest BCUT2D eigenvalue weighted by Gasteiger charge is 2.33. The summed E-state index contributed by atoms with van der Waals surface area (Å²) in [5.74, 6) is 0.340. The van der Waals surface area contributed by atoms with Gasteiger partial charge in [-0.3, -0.25) is 4.79 Å². The summed E-state index contributed by atoms with van der Waals surface area (Å²) >= 11 is 0. The number of hydrogen-bond acceptors (Lipinski definition) is 2. The van der Waals surface area contributed by atoms with E-state index in [2.05, 4.69) is 59.0 Å². The van der Waals surface area contributed by atoms with Crippen molar-refractivity contribution in [3.63, 3.8) is 0 Å². The fourth-order valence-electron chi connectivity index (χ4n) is 3.84. The fraction of sp³-hybridized carbons (Fsp3) is 0.458. The lowest BCUT2D eigenvalue weighted by Gasteiger charge is -2.39. The molecule has 0 spiro atoms. The van der Waals surface area contributed by atoms with Crippen molar-refractivity contribution < 1.29 is 9.90 Å². The Morgan fingerprint density at radius 2 is 1.63 bits per heavy atom. The molecular weight excluding hydrogens is 334 g/mol. The van der Waals surface area contributed by atoms with Crippen molar-refractivity contribution in [1.82, 2.24) is 0 Å². The number of benzene rings is 2. The molecule has 2 rings (SSSR count). The van der Waals surface area contributed by atoms with Crippen LogP contribution in [0.25, 0.3) is 0 Å². The molecule has 0 saturated heterocycles.